The molecule has 0 saturated heterocycles. The van der Waals surface area contributed by atoms with Gasteiger partial charge in [0.1, 0.15) is 12.3 Å². The maximum atomic E-state index is 13.2. The number of nitro benzene ring substituents is 1. The fourth-order valence-electron chi connectivity index (χ4n) is 2.52. The van der Waals surface area contributed by atoms with Gasteiger partial charge in [0.2, 0.25) is 0 Å². The maximum absolute atomic E-state index is 13.2. The number of halogens is 1. The second-order valence-corrected chi connectivity index (χ2v) is 8.11. The van der Waals surface area contributed by atoms with Gasteiger partial charge in [-0.2, -0.15) is 0 Å². The van der Waals surface area contributed by atoms with Crippen molar-refractivity contribution in [1.29, 1.82) is 0 Å². The number of hydrogen-bond donors (Lipinski definition) is 0. The van der Waals surface area contributed by atoms with Crippen LogP contribution in [0.5, 0.6) is 5.75 Å². The van der Waals surface area contributed by atoms with Gasteiger partial charge in [-0.05, 0) is 38.1 Å². The number of hydrogen-bond acceptors (Lipinski definition) is 7. The molecule has 11 heteroatoms. The third kappa shape index (κ3) is 4.96. The molecule has 2 aromatic carbocycles. The maximum Gasteiger partial charge on any atom is 0.326 e. The van der Waals surface area contributed by atoms with Crippen LogP contribution in [0.15, 0.2) is 41.3 Å². The summed E-state index contributed by atoms with van der Waals surface area (Å²) in [5.74, 6) is -0.473. The Balaban J connectivity index is 2.60. The van der Waals surface area contributed by atoms with Crippen molar-refractivity contribution in [2.75, 3.05) is 24.6 Å². The number of rotatable bonds is 8. The molecule has 29 heavy (non-hydrogen) atoms. The SMILES string of the molecule is CCOC(=O)CN(c1ccc(OC)c(Cl)c1)S(=O)(=O)c1ccc(C)c([N+](=O)[O-])c1. The molecule has 2 aromatic rings. The highest BCUT2D eigenvalue weighted by Crippen LogP contribution is 2.33. The lowest BCUT2D eigenvalue weighted by atomic mass is 10.2. The Morgan fingerprint density at radius 2 is 1.93 bits per heavy atom. The molecule has 0 saturated carbocycles. The first-order chi connectivity index (χ1) is 13.6. The van der Waals surface area contributed by atoms with E-state index >= 15 is 0 Å². The van der Waals surface area contributed by atoms with Gasteiger partial charge in [0, 0.05) is 11.6 Å². The summed E-state index contributed by atoms with van der Waals surface area (Å²) in [6.45, 7) is 2.51. The van der Waals surface area contributed by atoms with E-state index in [1.807, 2.05) is 0 Å². The molecule has 0 spiro atoms. The molecule has 0 aromatic heterocycles. The van der Waals surface area contributed by atoms with Crippen molar-refractivity contribution < 1.29 is 27.6 Å². The van der Waals surface area contributed by atoms with Gasteiger partial charge in [0.15, 0.2) is 0 Å². The highest BCUT2D eigenvalue weighted by atomic mass is 35.5. The lowest BCUT2D eigenvalue weighted by molar-refractivity contribution is -0.385. The molecule has 0 aliphatic carbocycles. The normalized spacial score (nSPS) is 11.0. The Morgan fingerprint density at radius 3 is 2.48 bits per heavy atom. The molecule has 0 heterocycles. The van der Waals surface area contributed by atoms with E-state index in [4.69, 9.17) is 21.1 Å². The number of sulfonamides is 1. The van der Waals surface area contributed by atoms with Crippen LogP contribution in [0.25, 0.3) is 0 Å². The fourth-order valence-corrected chi connectivity index (χ4v) is 4.20. The highest BCUT2D eigenvalue weighted by molar-refractivity contribution is 7.92. The minimum atomic E-state index is -4.35. The Labute approximate surface area is 173 Å². The van der Waals surface area contributed by atoms with E-state index < -0.39 is 27.5 Å². The van der Waals surface area contributed by atoms with E-state index in [0.717, 1.165) is 10.4 Å². The molecule has 156 valence electrons. The largest absolute Gasteiger partial charge is 0.495 e. The van der Waals surface area contributed by atoms with E-state index in [2.05, 4.69) is 0 Å². The molecule has 2 rings (SSSR count). The summed E-state index contributed by atoms with van der Waals surface area (Å²) in [6, 6.07) is 7.69. The van der Waals surface area contributed by atoms with Gasteiger partial charge < -0.3 is 9.47 Å². The minimum absolute atomic E-state index is 0.0616. The third-order valence-corrected chi connectivity index (χ3v) is 6.03. The van der Waals surface area contributed by atoms with Crippen molar-refractivity contribution in [2.45, 2.75) is 18.7 Å². The van der Waals surface area contributed by atoms with E-state index in [9.17, 15) is 23.3 Å². The van der Waals surface area contributed by atoms with Gasteiger partial charge in [0.05, 0.1) is 34.2 Å². The molecule has 0 atom stereocenters. The number of nitro groups is 1. The molecule has 9 nitrogen and oxygen atoms in total. The number of benzene rings is 2. The fraction of sp³-hybridized carbons (Fsp3) is 0.278. The molecule has 0 aliphatic rings. The third-order valence-electron chi connectivity index (χ3n) is 3.97. The summed E-state index contributed by atoms with van der Waals surface area (Å²) < 4.78 is 37.2. The van der Waals surface area contributed by atoms with E-state index in [-0.39, 0.29) is 27.9 Å². The lowest BCUT2D eigenvalue weighted by Crippen LogP contribution is -2.36. The lowest BCUT2D eigenvalue weighted by Gasteiger charge is -2.24. The monoisotopic (exact) mass is 442 g/mol. The van der Waals surface area contributed by atoms with Crippen LogP contribution in [0.4, 0.5) is 11.4 Å². The molecule has 0 N–H and O–H groups in total. The number of carbonyl (C=O) groups is 1. The van der Waals surface area contributed by atoms with Crippen LogP contribution in [0.1, 0.15) is 12.5 Å². The van der Waals surface area contributed by atoms with Gasteiger partial charge in [-0.15, -0.1) is 0 Å². The molecule has 0 radical (unpaired) electrons. The van der Waals surface area contributed by atoms with E-state index in [1.165, 1.54) is 44.4 Å². The minimum Gasteiger partial charge on any atom is -0.495 e. The summed E-state index contributed by atoms with van der Waals surface area (Å²) in [7, 11) is -2.95. The van der Waals surface area contributed by atoms with Gasteiger partial charge in [-0.1, -0.05) is 17.7 Å². The summed E-state index contributed by atoms with van der Waals surface area (Å²) >= 11 is 6.10. The summed E-state index contributed by atoms with van der Waals surface area (Å²) in [5, 5.41) is 11.3. The molecule has 0 unspecified atom stereocenters. The number of ether oxygens (including phenoxy) is 2. The van der Waals surface area contributed by atoms with E-state index in [0.29, 0.717) is 11.3 Å². The van der Waals surface area contributed by atoms with Crippen LogP contribution in [0.3, 0.4) is 0 Å². The van der Waals surface area contributed by atoms with Gasteiger partial charge in [0.25, 0.3) is 15.7 Å². The van der Waals surface area contributed by atoms with Crippen LogP contribution in [-0.4, -0.2) is 39.6 Å². The first kappa shape index (κ1) is 22.4. The zero-order valence-electron chi connectivity index (χ0n) is 15.9. The van der Waals surface area contributed by atoms with Crippen LogP contribution < -0.4 is 9.04 Å². The molecule has 0 amide bonds. The van der Waals surface area contributed by atoms with Crippen molar-refractivity contribution in [2.24, 2.45) is 0 Å². The Kier molecular flexibility index (Phi) is 7.04. The van der Waals surface area contributed by atoms with Crippen LogP contribution in [-0.2, 0) is 19.6 Å². The average molecular weight is 443 g/mol. The summed E-state index contributed by atoms with van der Waals surface area (Å²) in [6.07, 6.45) is 0. The first-order valence-corrected chi connectivity index (χ1v) is 10.2. The van der Waals surface area contributed by atoms with Crippen molar-refractivity contribution in [1.82, 2.24) is 0 Å². The van der Waals surface area contributed by atoms with Crippen molar-refractivity contribution >= 4 is 39.0 Å². The number of methoxy groups -OCH3 is 1. The number of esters is 1. The second kappa shape index (κ2) is 9.10. The predicted molar refractivity (Wildman–Crippen MR) is 107 cm³/mol. The molecule has 0 fully saturated rings. The molecular weight excluding hydrogens is 424 g/mol. The number of nitrogens with zero attached hydrogens (tertiary/aromatic N) is 2. The number of carbonyl (C=O) groups excluding carboxylic acids is 1. The average Bonchev–Trinajstić information content (AvgIpc) is 2.66. The van der Waals surface area contributed by atoms with Gasteiger partial charge in [-0.3, -0.25) is 19.2 Å². The van der Waals surface area contributed by atoms with Crippen LogP contribution >= 0.6 is 11.6 Å². The number of anilines is 1. The second-order valence-electron chi connectivity index (χ2n) is 5.84. The molecule has 0 aliphatic heterocycles. The Hall–Kier alpha value is -2.85. The highest BCUT2D eigenvalue weighted by Gasteiger charge is 2.30. The van der Waals surface area contributed by atoms with Crippen molar-refractivity contribution in [3.05, 3.63) is 57.1 Å². The first-order valence-electron chi connectivity index (χ1n) is 8.38. The zero-order valence-corrected chi connectivity index (χ0v) is 17.5. The number of aryl methyl sites for hydroxylation is 1. The smallest absolute Gasteiger partial charge is 0.326 e. The summed E-state index contributed by atoms with van der Waals surface area (Å²) in [5.41, 5.74) is 0.0281. The van der Waals surface area contributed by atoms with Gasteiger partial charge in [-0.25, -0.2) is 8.42 Å². The van der Waals surface area contributed by atoms with Gasteiger partial charge >= 0.3 is 5.97 Å². The zero-order chi connectivity index (χ0) is 21.8. The molecular formula is C18H19ClN2O7S. The standard InChI is InChI=1S/C18H19ClN2O7S/c1-4-28-18(22)11-20(13-6-8-17(27-3)15(19)9-13)29(25,26)14-7-5-12(2)16(10-14)21(23)24/h5-10H,4,11H2,1-3H3. The van der Waals surface area contributed by atoms with Crippen molar-refractivity contribution in [3.63, 3.8) is 0 Å². The van der Waals surface area contributed by atoms with E-state index in [1.54, 1.807) is 6.92 Å². The van der Waals surface area contributed by atoms with Crippen LogP contribution in [0.2, 0.25) is 5.02 Å². The topological polar surface area (TPSA) is 116 Å². The quantitative estimate of drug-likeness (QED) is 0.349. The summed E-state index contributed by atoms with van der Waals surface area (Å²) in [4.78, 5) is 22.2. The Bertz CT molecular complexity index is 1040. The predicted octanol–water partition coefficient (Wildman–Crippen LogP) is 3.32. The molecule has 0 bridgehead atoms. The van der Waals surface area contributed by atoms with Crippen LogP contribution in [0, 0.1) is 17.0 Å². The Morgan fingerprint density at radius 1 is 1.24 bits per heavy atom. The van der Waals surface area contributed by atoms with Crippen molar-refractivity contribution in [3.8, 4) is 5.75 Å².